The van der Waals surface area contributed by atoms with Gasteiger partial charge in [-0.25, -0.2) is 0 Å². The normalized spacial score (nSPS) is 12.7. The number of methoxy groups -OCH3 is 1. The molecule has 2 nitrogen and oxygen atoms in total. The topological polar surface area (TPSA) is 21.3 Å². The Bertz CT molecular complexity index is 374. The van der Waals surface area contributed by atoms with Crippen LogP contribution in [0, 0.1) is 12.8 Å². The molecule has 0 radical (unpaired) electrons. The molecule has 0 fully saturated rings. The molecule has 0 saturated carbocycles. The molecule has 0 saturated heterocycles. The van der Waals surface area contributed by atoms with Crippen LogP contribution in [0.1, 0.15) is 44.7 Å². The van der Waals surface area contributed by atoms with E-state index in [1.807, 2.05) is 0 Å². The van der Waals surface area contributed by atoms with Crippen molar-refractivity contribution in [2.24, 2.45) is 5.92 Å². The minimum absolute atomic E-state index is 0.545. The largest absolute Gasteiger partial charge is 0.496 e. The number of likely N-dealkylation sites (N-methyl/N-ethyl adjacent to an activating group) is 1. The second kappa shape index (κ2) is 8.21. The summed E-state index contributed by atoms with van der Waals surface area (Å²) in [6.45, 7) is 9.92. The van der Waals surface area contributed by atoms with E-state index in [4.69, 9.17) is 4.74 Å². The molecular formula is C17H29NO. The Morgan fingerprint density at radius 3 is 2.53 bits per heavy atom. The molecule has 0 aliphatic carbocycles. The molecule has 1 atom stereocenters. The van der Waals surface area contributed by atoms with E-state index < -0.39 is 0 Å². The zero-order valence-corrected chi connectivity index (χ0v) is 13.1. The quantitative estimate of drug-likeness (QED) is 0.766. The maximum absolute atomic E-state index is 5.48. The lowest BCUT2D eigenvalue weighted by Gasteiger charge is -2.20. The molecule has 0 heterocycles. The van der Waals surface area contributed by atoms with Crippen molar-refractivity contribution >= 4 is 0 Å². The van der Waals surface area contributed by atoms with Crippen LogP contribution in [0.3, 0.4) is 0 Å². The number of nitrogens with one attached hydrogen (secondary N) is 1. The summed E-state index contributed by atoms with van der Waals surface area (Å²) in [6.07, 6.45) is 3.54. The first-order valence-corrected chi connectivity index (χ1v) is 7.43. The first-order chi connectivity index (χ1) is 9.06. The Labute approximate surface area is 118 Å². The molecule has 0 aliphatic rings. The van der Waals surface area contributed by atoms with E-state index in [1.54, 1.807) is 7.11 Å². The van der Waals surface area contributed by atoms with Gasteiger partial charge in [0.15, 0.2) is 0 Å². The average Bonchev–Trinajstić information content (AvgIpc) is 2.36. The Morgan fingerprint density at radius 2 is 1.95 bits per heavy atom. The highest BCUT2D eigenvalue weighted by atomic mass is 16.5. The summed E-state index contributed by atoms with van der Waals surface area (Å²) in [4.78, 5) is 0. The molecular weight excluding hydrogens is 234 g/mol. The number of ether oxygens (including phenoxy) is 1. The molecule has 108 valence electrons. The van der Waals surface area contributed by atoms with Crippen molar-refractivity contribution in [2.45, 2.75) is 53.0 Å². The van der Waals surface area contributed by atoms with Gasteiger partial charge in [-0.1, -0.05) is 38.5 Å². The number of hydrogen-bond acceptors (Lipinski definition) is 2. The van der Waals surface area contributed by atoms with Crippen LogP contribution < -0.4 is 10.1 Å². The Kier molecular flexibility index (Phi) is 6.93. The zero-order chi connectivity index (χ0) is 14.3. The predicted molar refractivity (Wildman–Crippen MR) is 83.0 cm³/mol. The standard InChI is InChI=1S/C17H29NO/c1-6-18-16(9-7-13(2)3)12-15-11-14(4)8-10-17(15)19-5/h8,10-11,13,16,18H,6-7,9,12H2,1-5H3. The van der Waals surface area contributed by atoms with Gasteiger partial charge in [0, 0.05) is 6.04 Å². The fourth-order valence-electron chi connectivity index (χ4n) is 2.43. The monoisotopic (exact) mass is 263 g/mol. The Morgan fingerprint density at radius 1 is 1.21 bits per heavy atom. The average molecular weight is 263 g/mol. The highest BCUT2D eigenvalue weighted by Crippen LogP contribution is 2.22. The first-order valence-electron chi connectivity index (χ1n) is 7.43. The molecule has 0 amide bonds. The molecule has 1 unspecified atom stereocenters. The van der Waals surface area contributed by atoms with Crippen LogP contribution in [0.15, 0.2) is 18.2 Å². The van der Waals surface area contributed by atoms with Crippen molar-refractivity contribution in [1.29, 1.82) is 0 Å². The third-order valence-corrected chi connectivity index (χ3v) is 3.49. The number of aryl methyl sites for hydroxylation is 1. The maximum atomic E-state index is 5.48. The number of hydrogen-bond donors (Lipinski definition) is 1. The van der Waals surface area contributed by atoms with Gasteiger partial charge < -0.3 is 10.1 Å². The van der Waals surface area contributed by atoms with E-state index in [1.165, 1.54) is 24.0 Å². The second-order valence-electron chi connectivity index (χ2n) is 5.75. The Balaban J connectivity index is 2.74. The van der Waals surface area contributed by atoms with E-state index in [2.05, 4.69) is 51.2 Å². The van der Waals surface area contributed by atoms with Gasteiger partial charge in [0.25, 0.3) is 0 Å². The van der Waals surface area contributed by atoms with E-state index in [0.717, 1.165) is 24.6 Å². The third kappa shape index (κ3) is 5.65. The van der Waals surface area contributed by atoms with E-state index in [9.17, 15) is 0 Å². The van der Waals surface area contributed by atoms with Crippen molar-refractivity contribution in [2.75, 3.05) is 13.7 Å². The molecule has 0 aromatic heterocycles. The van der Waals surface area contributed by atoms with Crippen LogP contribution in [0.25, 0.3) is 0 Å². The lowest BCUT2D eigenvalue weighted by atomic mass is 9.96. The zero-order valence-electron chi connectivity index (χ0n) is 13.1. The summed E-state index contributed by atoms with van der Waals surface area (Å²) in [5, 5.41) is 3.60. The van der Waals surface area contributed by atoms with Crippen molar-refractivity contribution in [3.63, 3.8) is 0 Å². The second-order valence-corrected chi connectivity index (χ2v) is 5.75. The summed E-state index contributed by atoms with van der Waals surface area (Å²) in [7, 11) is 1.75. The predicted octanol–water partition coefficient (Wildman–Crippen LogP) is 3.96. The molecule has 1 N–H and O–H groups in total. The first kappa shape index (κ1) is 16.0. The van der Waals surface area contributed by atoms with Gasteiger partial charge in [0.05, 0.1) is 7.11 Å². The molecule has 1 rings (SSSR count). The van der Waals surface area contributed by atoms with Gasteiger partial charge in [0.2, 0.25) is 0 Å². The van der Waals surface area contributed by atoms with Crippen LogP contribution in [-0.4, -0.2) is 19.7 Å². The summed E-state index contributed by atoms with van der Waals surface area (Å²) in [5.41, 5.74) is 2.62. The highest BCUT2D eigenvalue weighted by molar-refractivity contribution is 5.37. The van der Waals surface area contributed by atoms with Crippen molar-refractivity contribution in [3.05, 3.63) is 29.3 Å². The maximum Gasteiger partial charge on any atom is 0.122 e. The summed E-state index contributed by atoms with van der Waals surface area (Å²) in [6, 6.07) is 6.98. The Hall–Kier alpha value is -1.02. The SMILES string of the molecule is CCNC(CCC(C)C)Cc1cc(C)ccc1OC. The van der Waals surface area contributed by atoms with Crippen molar-refractivity contribution in [1.82, 2.24) is 5.32 Å². The smallest absolute Gasteiger partial charge is 0.122 e. The van der Waals surface area contributed by atoms with E-state index >= 15 is 0 Å². The van der Waals surface area contributed by atoms with Crippen LogP contribution in [0.2, 0.25) is 0 Å². The summed E-state index contributed by atoms with van der Waals surface area (Å²) >= 11 is 0. The summed E-state index contributed by atoms with van der Waals surface area (Å²) in [5.74, 6) is 1.78. The van der Waals surface area contributed by atoms with E-state index in [0.29, 0.717) is 6.04 Å². The molecule has 0 spiro atoms. The molecule has 2 heteroatoms. The minimum Gasteiger partial charge on any atom is -0.496 e. The molecule has 0 aliphatic heterocycles. The van der Waals surface area contributed by atoms with Gasteiger partial charge in [-0.05, 0) is 50.3 Å². The van der Waals surface area contributed by atoms with Crippen molar-refractivity contribution in [3.8, 4) is 5.75 Å². The molecule has 0 bridgehead atoms. The lowest BCUT2D eigenvalue weighted by molar-refractivity contribution is 0.397. The highest BCUT2D eigenvalue weighted by Gasteiger charge is 2.12. The number of rotatable bonds is 8. The van der Waals surface area contributed by atoms with Gasteiger partial charge in [0.1, 0.15) is 5.75 Å². The van der Waals surface area contributed by atoms with Crippen molar-refractivity contribution < 1.29 is 4.74 Å². The van der Waals surface area contributed by atoms with E-state index in [-0.39, 0.29) is 0 Å². The van der Waals surface area contributed by atoms with Crippen LogP contribution in [0.5, 0.6) is 5.75 Å². The van der Waals surface area contributed by atoms with Crippen LogP contribution in [-0.2, 0) is 6.42 Å². The fourth-order valence-corrected chi connectivity index (χ4v) is 2.43. The molecule has 1 aromatic carbocycles. The lowest BCUT2D eigenvalue weighted by Crippen LogP contribution is -2.31. The van der Waals surface area contributed by atoms with Gasteiger partial charge in [-0.15, -0.1) is 0 Å². The molecule has 19 heavy (non-hydrogen) atoms. The van der Waals surface area contributed by atoms with Gasteiger partial charge in [-0.3, -0.25) is 0 Å². The third-order valence-electron chi connectivity index (χ3n) is 3.49. The molecule has 1 aromatic rings. The van der Waals surface area contributed by atoms with Crippen LogP contribution in [0.4, 0.5) is 0 Å². The van der Waals surface area contributed by atoms with Crippen LogP contribution >= 0.6 is 0 Å². The fraction of sp³-hybridized carbons (Fsp3) is 0.647. The summed E-state index contributed by atoms with van der Waals surface area (Å²) < 4.78 is 5.48. The van der Waals surface area contributed by atoms with Gasteiger partial charge >= 0.3 is 0 Å². The minimum atomic E-state index is 0.545. The number of benzene rings is 1. The van der Waals surface area contributed by atoms with Gasteiger partial charge in [-0.2, -0.15) is 0 Å².